The minimum Gasteiger partial charge on any atom is -0.478 e. The molecule has 0 spiro atoms. The van der Waals surface area contributed by atoms with Crippen molar-refractivity contribution in [3.05, 3.63) is 83.9 Å². The average Bonchev–Trinajstić information content (AvgIpc) is 3.35. The van der Waals surface area contributed by atoms with Crippen LogP contribution in [0.3, 0.4) is 0 Å². The number of hydrogen-bond acceptors (Lipinski definition) is 4. The Kier molecular flexibility index (Phi) is 4.48. The Morgan fingerprint density at radius 2 is 1.93 bits per heavy atom. The molecule has 0 unspecified atom stereocenters. The van der Waals surface area contributed by atoms with Crippen LogP contribution in [0.15, 0.2) is 77.0 Å². The number of benzene rings is 2. The van der Waals surface area contributed by atoms with Crippen LogP contribution >= 0.6 is 0 Å². The summed E-state index contributed by atoms with van der Waals surface area (Å²) in [6.07, 6.45) is 3.36. The molecular formula is C22H15N3O3. The van der Waals surface area contributed by atoms with E-state index in [0.717, 1.165) is 11.0 Å². The number of para-hydroxylation sites is 2. The smallest absolute Gasteiger partial charge is 0.336 e. The van der Waals surface area contributed by atoms with Crippen LogP contribution in [-0.2, 0) is 6.54 Å². The van der Waals surface area contributed by atoms with Crippen LogP contribution in [0.5, 0.6) is 0 Å². The lowest BCUT2D eigenvalue weighted by molar-refractivity contribution is 0.0697. The topological polar surface area (TPSA) is 92.0 Å². The van der Waals surface area contributed by atoms with Gasteiger partial charge in [0.1, 0.15) is 11.5 Å². The van der Waals surface area contributed by atoms with Crippen LogP contribution in [0.1, 0.15) is 16.1 Å². The van der Waals surface area contributed by atoms with Gasteiger partial charge in [-0.25, -0.2) is 9.78 Å². The van der Waals surface area contributed by atoms with Gasteiger partial charge in [-0.05, 0) is 36.4 Å². The van der Waals surface area contributed by atoms with Gasteiger partial charge in [0, 0.05) is 5.56 Å². The molecule has 0 aliphatic rings. The van der Waals surface area contributed by atoms with Crippen LogP contribution < -0.4 is 0 Å². The summed E-state index contributed by atoms with van der Waals surface area (Å²) in [6, 6.07) is 20.0. The number of imidazole rings is 1. The third kappa shape index (κ3) is 3.29. The number of carbonyl (C=O) groups is 1. The summed E-state index contributed by atoms with van der Waals surface area (Å²) in [6.45, 7) is 0.360. The molecule has 0 saturated carbocycles. The highest BCUT2D eigenvalue weighted by Crippen LogP contribution is 2.27. The van der Waals surface area contributed by atoms with E-state index in [9.17, 15) is 15.2 Å². The van der Waals surface area contributed by atoms with Gasteiger partial charge in [0.05, 0.1) is 41.1 Å². The number of rotatable bonds is 5. The quantitative estimate of drug-likeness (QED) is 0.519. The second-order valence-corrected chi connectivity index (χ2v) is 6.20. The van der Waals surface area contributed by atoms with Gasteiger partial charge in [-0.15, -0.1) is 0 Å². The van der Waals surface area contributed by atoms with E-state index < -0.39 is 5.97 Å². The number of carboxylic acids is 1. The van der Waals surface area contributed by atoms with E-state index in [1.54, 1.807) is 42.7 Å². The molecule has 2 aromatic heterocycles. The molecule has 4 aromatic rings. The van der Waals surface area contributed by atoms with Gasteiger partial charge in [-0.2, -0.15) is 5.26 Å². The Labute approximate surface area is 160 Å². The minimum absolute atomic E-state index is 0.165. The third-order valence-corrected chi connectivity index (χ3v) is 4.38. The van der Waals surface area contributed by atoms with Crippen molar-refractivity contribution < 1.29 is 14.3 Å². The fraction of sp³-hybridized carbons (Fsp3) is 0.0455. The van der Waals surface area contributed by atoms with Crippen molar-refractivity contribution in [3.63, 3.8) is 0 Å². The summed E-state index contributed by atoms with van der Waals surface area (Å²) in [5.41, 5.74) is 2.96. The summed E-state index contributed by atoms with van der Waals surface area (Å²) in [5, 5.41) is 18.9. The van der Waals surface area contributed by atoms with Gasteiger partial charge >= 0.3 is 5.97 Å². The maximum atomic E-state index is 11.4. The van der Waals surface area contributed by atoms with Gasteiger partial charge in [-0.3, -0.25) is 0 Å². The number of aromatic carboxylic acids is 1. The fourth-order valence-corrected chi connectivity index (χ4v) is 3.06. The number of aromatic nitrogens is 2. The van der Waals surface area contributed by atoms with Crippen LogP contribution in [0.4, 0.5) is 0 Å². The van der Waals surface area contributed by atoms with Gasteiger partial charge < -0.3 is 14.1 Å². The number of allylic oxidation sites excluding steroid dienone is 1. The van der Waals surface area contributed by atoms with Crippen LogP contribution in [0.25, 0.3) is 28.4 Å². The maximum Gasteiger partial charge on any atom is 0.336 e. The molecule has 6 nitrogen and oxygen atoms in total. The van der Waals surface area contributed by atoms with Gasteiger partial charge in [-0.1, -0.05) is 30.3 Å². The molecule has 0 aliphatic carbocycles. The van der Waals surface area contributed by atoms with Crippen molar-refractivity contribution in [1.82, 2.24) is 9.55 Å². The molecule has 0 amide bonds. The first-order chi connectivity index (χ1) is 13.7. The molecule has 0 bridgehead atoms. The molecule has 0 fully saturated rings. The monoisotopic (exact) mass is 369 g/mol. The Hall–Kier alpha value is -4.11. The Morgan fingerprint density at radius 3 is 2.75 bits per heavy atom. The second-order valence-electron chi connectivity index (χ2n) is 6.20. The molecule has 136 valence electrons. The van der Waals surface area contributed by atoms with Crippen LogP contribution in [0.2, 0.25) is 0 Å². The number of nitriles is 1. The standard InChI is InChI=1S/C22H15N3O3/c23-12-15(13-25-14-24-19-7-3-4-8-20(19)25)11-16-9-10-21(28-16)17-5-1-2-6-18(17)22(26)27/h1-11,14H,13H2,(H,26,27)/b15-11-. The zero-order valence-electron chi connectivity index (χ0n) is 14.7. The fourth-order valence-electron chi connectivity index (χ4n) is 3.06. The summed E-state index contributed by atoms with van der Waals surface area (Å²) in [5.74, 6) is -0.0976. The van der Waals surface area contributed by atoms with Crippen molar-refractivity contribution >= 4 is 23.1 Å². The van der Waals surface area contributed by atoms with Crippen molar-refractivity contribution in [2.75, 3.05) is 0 Å². The first-order valence-corrected chi connectivity index (χ1v) is 8.59. The third-order valence-electron chi connectivity index (χ3n) is 4.38. The van der Waals surface area contributed by atoms with E-state index >= 15 is 0 Å². The summed E-state index contributed by atoms with van der Waals surface area (Å²) >= 11 is 0. The first-order valence-electron chi connectivity index (χ1n) is 8.59. The van der Waals surface area contributed by atoms with Crippen LogP contribution in [-0.4, -0.2) is 20.6 Å². The molecule has 0 atom stereocenters. The molecular weight excluding hydrogens is 354 g/mol. The normalized spacial score (nSPS) is 11.5. The SMILES string of the molecule is N#C/C(=C/c1ccc(-c2ccccc2C(=O)O)o1)Cn1cnc2ccccc21. The molecule has 28 heavy (non-hydrogen) atoms. The minimum atomic E-state index is -1.02. The predicted octanol–water partition coefficient (Wildman–Crippen LogP) is 4.60. The molecule has 2 aromatic carbocycles. The molecule has 0 saturated heterocycles. The molecule has 0 aliphatic heterocycles. The van der Waals surface area contributed by atoms with Crippen molar-refractivity contribution in [2.24, 2.45) is 0 Å². The van der Waals surface area contributed by atoms with E-state index in [4.69, 9.17) is 4.42 Å². The summed E-state index contributed by atoms with van der Waals surface area (Å²) < 4.78 is 7.68. The lowest BCUT2D eigenvalue weighted by Crippen LogP contribution is -1.98. The molecule has 1 N–H and O–H groups in total. The Balaban J connectivity index is 1.64. The molecule has 6 heteroatoms. The highest BCUT2D eigenvalue weighted by molar-refractivity contribution is 5.95. The summed E-state index contributed by atoms with van der Waals surface area (Å²) in [7, 11) is 0. The number of hydrogen-bond donors (Lipinski definition) is 1. The number of nitrogens with zero attached hydrogens (tertiary/aromatic N) is 3. The van der Waals surface area contributed by atoms with E-state index in [-0.39, 0.29) is 5.56 Å². The van der Waals surface area contributed by atoms with Crippen molar-refractivity contribution in [1.29, 1.82) is 5.26 Å². The van der Waals surface area contributed by atoms with E-state index in [1.165, 1.54) is 6.07 Å². The highest BCUT2D eigenvalue weighted by Gasteiger charge is 2.14. The lowest BCUT2D eigenvalue weighted by atomic mass is 10.1. The van der Waals surface area contributed by atoms with Gasteiger partial charge in [0.2, 0.25) is 0 Å². The predicted molar refractivity (Wildman–Crippen MR) is 104 cm³/mol. The highest BCUT2D eigenvalue weighted by atomic mass is 16.4. The Bertz CT molecular complexity index is 1240. The van der Waals surface area contributed by atoms with Gasteiger partial charge in [0.15, 0.2) is 0 Å². The van der Waals surface area contributed by atoms with Crippen molar-refractivity contribution in [2.45, 2.75) is 6.54 Å². The zero-order valence-corrected chi connectivity index (χ0v) is 14.7. The van der Waals surface area contributed by atoms with E-state index in [2.05, 4.69) is 11.1 Å². The number of carboxylic acid groups (broad SMARTS) is 1. The largest absolute Gasteiger partial charge is 0.478 e. The van der Waals surface area contributed by atoms with Crippen LogP contribution in [0, 0.1) is 11.3 Å². The van der Waals surface area contributed by atoms with Gasteiger partial charge in [0.25, 0.3) is 0 Å². The number of furan rings is 1. The van der Waals surface area contributed by atoms with E-state index in [1.807, 2.05) is 28.8 Å². The lowest BCUT2D eigenvalue weighted by Gasteiger charge is -2.03. The second kappa shape index (κ2) is 7.25. The Morgan fingerprint density at radius 1 is 1.14 bits per heavy atom. The maximum absolute atomic E-state index is 11.4. The van der Waals surface area contributed by atoms with E-state index in [0.29, 0.717) is 29.2 Å². The number of fused-ring (bicyclic) bond motifs is 1. The molecule has 2 heterocycles. The first kappa shape index (κ1) is 17.3. The van der Waals surface area contributed by atoms with Crippen molar-refractivity contribution in [3.8, 4) is 17.4 Å². The summed E-state index contributed by atoms with van der Waals surface area (Å²) in [4.78, 5) is 15.7. The zero-order chi connectivity index (χ0) is 19.5. The molecule has 4 rings (SSSR count). The average molecular weight is 369 g/mol. The molecule has 0 radical (unpaired) electrons.